The van der Waals surface area contributed by atoms with Gasteiger partial charge in [-0.3, -0.25) is 14.0 Å². The van der Waals surface area contributed by atoms with Crippen molar-refractivity contribution in [3.05, 3.63) is 41.2 Å². The summed E-state index contributed by atoms with van der Waals surface area (Å²) < 4.78 is 28.5. The molecule has 0 aliphatic carbocycles. The molecular formula is C19H21N3O5S. The first kappa shape index (κ1) is 19.8. The Balaban J connectivity index is 1.84. The van der Waals surface area contributed by atoms with Gasteiger partial charge in [-0.1, -0.05) is 0 Å². The number of nitrogens with zero attached hydrogens (tertiary/aromatic N) is 2. The average molecular weight is 403 g/mol. The van der Waals surface area contributed by atoms with Crippen molar-refractivity contribution < 1.29 is 23.2 Å². The summed E-state index contributed by atoms with van der Waals surface area (Å²) >= 11 is 0. The van der Waals surface area contributed by atoms with Crippen LogP contribution >= 0.6 is 0 Å². The number of aromatic amines is 1. The average Bonchev–Trinajstić information content (AvgIpc) is 3.11. The van der Waals surface area contributed by atoms with Gasteiger partial charge >= 0.3 is 5.97 Å². The molecule has 0 fully saturated rings. The van der Waals surface area contributed by atoms with Gasteiger partial charge in [-0.2, -0.15) is 0 Å². The lowest BCUT2D eigenvalue weighted by molar-refractivity contribution is -0.142. The van der Waals surface area contributed by atoms with Gasteiger partial charge in [0.25, 0.3) is 0 Å². The summed E-state index contributed by atoms with van der Waals surface area (Å²) in [6.07, 6.45) is 1.57. The molecule has 0 bridgehead atoms. The lowest BCUT2D eigenvalue weighted by atomic mass is 10.1. The lowest BCUT2D eigenvalue weighted by Gasteiger charge is -2.14. The summed E-state index contributed by atoms with van der Waals surface area (Å²) in [5, 5.41) is 0.368. The number of hydrogen-bond donors (Lipinski definition) is 1. The molecule has 0 amide bonds. The Kier molecular flexibility index (Phi) is 5.93. The highest BCUT2D eigenvalue weighted by molar-refractivity contribution is 7.84. The van der Waals surface area contributed by atoms with Crippen molar-refractivity contribution in [3.63, 3.8) is 0 Å². The molecule has 0 aliphatic rings. The van der Waals surface area contributed by atoms with Crippen LogP contribution in [-0.4, -0.2) is 39.3 Å². The predicted octanol–water partition coefficient (Wildman–Crippen LogP) is 2.65. The van der Waals surface area contributed by atoms with Gasteiger partial charge in [0.05, 0.1) is 53.1 Å². The van der Waals surface area contributed by atoms with E-state index in [2.05, 4.69) is 15.0 Å². The third kappa shape index (κ3) is 4.14. The highest BCUT2D eigenvalue weighted by atomic mass is 32.2. The van der Waals surface area contributed by atoms with Crippen LogP contribution in [-0.2, 0) is 32.7 Å². The third-order valence-corrected chi connectivity index (χ3v) is 5.39. The smallest absolute Gasteiger partial charge is 0.302 e. The number of carbonyl (C=O) groups excluding carboxylic acids is 1. The minimum absolute atomic E-state index is 0.0706. The van der Waals surface area contributed by atoms with E-state index < -0.39 is 10.8 Å². The van der Waals surface area contributed by atoms with Gasteiger partial charge in [-0.05, 0) is 19.1 Å². The number of fused-ring (bicyclic) bond motifs is 1. The number of imidazole rings is 1. The minimum atomic E-state index is -1.42. The van der Waals surface area contributed by atoms with E-state index in [4.69, 9.17) is 14.2 Å². The second-order valence-corrected chi connectivity index (χ2v) is 7.45. The van der Waals surface area contributed by atoms with E-state index >= 15 is 0 Å². The number of hydrogen-bond acceptors (Lipinski definition) is 7. The van der Waals surface area contributed by atoms with Crippen LogP contribution in [0.25, 0.3) is 11.0 Å². The molecule has 0 saturated heterocycles. The molecule has 1 N–H and O–H groups in total. The number of H-pyrrole nitrogens is 1. The molecule has 0 spiro atoms. The Labute approximate surface area is 164 Å². The molecule has 3 rings (SSSR count). The van der Waals surface area contributed by atoms with Gasteiger partial charge in [-0.15, -0.1) is 0 Å². The summed E-state index contributed by atoms with van der Waals surface area (Å²) in [7, 11) is 1.70. The normalized spacial score (nSPS) is 12.0. The quantitative estimate of drug-likeness (QED) is 0.605. The van der Waals surface area contributed by atoms with Crippen molar-refractivity contribution in [1.29, 1.82) is 0 Å². The molecule has 148 valence electrons. The summed E-state index contributed by atoms with van der Waals surface area (Å²) in [6.45, 7) is 3.24. The number of ether oxygens (including phenoxy) is 3. The number of benzene rings is 1. The van der Waals surface area contributed by atoms with Gasteiger partial charge in [0.1, 0.15) is 18.1 Å². The zero-order valence-electron chi connectivity index (χ0n) is 16.1. The largest absolute Gasteiger partial charge is 0.497 e. The molecule has 9 heteroatoms. The van der Waals surface area contributed by atoms with Crippen LogP contribution in [0.2, 0.25) is 0 Å². The molecule has 2 aromatic heterocycles. The second kappa shape index (κ2) is 8.39. The number of carbonyl (C=O) groups is 1. The SMILES string of the molecule is COc1ccc2nc(S(=O)Cc3ncc(COC(C)=O)c(OC)c3C)[nH]c2c1. The van der Waals surface area contributed by atoms with Crippen molar-refractivity contribution in [2.75, 3.05) is 14.2 Å². The van der Waals surface area contributed by atoms with Crippen molar-refractivity contribution >= 4 is 27.8 Å². The van der Waals surface area contributed by atoms with Crippen LogP contribution in [0.3, 0.4) is 0 Å². The summed E-state index contributed by atoms with van der Waals surface area (Å²) in [5.41, 5.74) is 3.49. The number of rotatable bonds is 7. The van der Waals surface area contributed by atoms with Crippen molar-refractivity contribution in [3.8, 4) is 11.5 Å². The number of pyridine rings is 1. The van der Waals surface area contributed by atoms with Gasteiger partial charge in [0, 0.05) is 24.8 Å². The van der Waals surface area contributed by atoms with Crippen LogP contribution in [0.5, 0.6) is 11.5 Å². The molecule has 3 aromatic rings. The molecule has 8 nitrogen and oxygen atoms in total. The van der Waals surface area contributed by atoms with E-state index in [1.165, 1.54) is 14.0 Å². The van der Waals surface area contributed by atoms with Crippen LogP contribution in [0.15, 0.2) is 29.6 Å². The standard InChI is InChI=1S/C19H21N3O5S/c1-11-17(20-8-13(18(11)26-4)9-27-12(2)23)10-28(24)19-21-15-6-5-14(25-3)7-16(15)22-19/h5-8H,9-10H2,1-4H3,(H,21,22). The van der Waals surface area contributed by atoms with E-state index in [9.17, 15) is 9.00 Å². The number of esters is 1. The first-order valence-corrected chi connectivity index (χ1v) is 9.81. The lowest BCUT2D eigenvalue weighted by Crippen LogP contribution is -2.08. The molecule has 1 aromatic carbocycles. The van der Waals surface area contributed by atoms with E-state index in [-0.39, 0.29) is 18.3 Å². The Morgan fingerprint density at radius 1 is 1.25 bits per heavy atom. The van der Waals surface area contributed by atoms with E-state index in [0.29, 0.717) is 33.4 Å². The van der Waals surface area contributed by atoms with Crippen molar-refractivity contribution in [1.82, 2.24) is 15.0 Å². The van der Waals surface area contributed by atoms with Crippen LogP contribution in [0.1, 0.15) is 23.7 Å². The third-order valence-electron chi connectivity index (χ3n) is 4.23. The van der Waals surface area contributed by atoms with Gasteiger partial charge < -0.3 is 19.2 Å². The van der Waals surface area contributed by atoms with Crippen LogP contribution in [0, 0.1) is 6.92 Å². The molecule has 0 radical (unpaired) electrons. The number of aromatic nitrogens is 3. The fourth-order valence-electron chi connectivity index (χ4n) is 2.79. The second-order valence-electron chi connectivity index (χ2n) is 6.08. The molecular weight excluding hydrogens is 382 g/mol. The van der Waals surface area contributed by atoms with Crippen LogP contribution in [0.4, 0.5) is 0 Å². The number of methoxy groups -OCH3 is 2. The Morgan fingerprint density at radius 3 is 2.71 bits per heavy atom. The molecule has 2 heterocycles. The Bertz CT molecular complexity index is 1050. The predicted molar refractivity (Wildman–Crippen MR) is 104 cm³/mol. The first-order chi connectivity index (χ1) is 13.4. The molecule has 0 saturated carbocycles. The maximum Gasteiger partial charge on any atom is 0.302 e. The monoisotopic (exact) mass is 403 g/mol. The Morgan fingerprint density at radius 2 is 2.04 bits per heavy atom. The van der Waals surface area contributed by atoms with Gasteiger partial charge in [0.2, 0.25) is 0 Å². The highest BCUT2D eigenvalue weighted by Gasteiger charge is 2.18. The summed E-state index contributed by atoms with van der Waals surface area (Å²) in [5.74, 6) is 1.05. The molecule has 0 aliphatic heterocycles. The molecule has 1 unspecified atom stereocenters. The zero-order chi connectivity index (χ0) is 20.3. The summed E-state index contributed by atoms with van der Waals surface area (Å²) in [4.78, 5) is 22.9. The van der Waals surface area contributed by atoms with Crippen molar-refractivity contribution in [2.45, 2.75) is 31.4 Å². The molecule has 1 atom stereocenters. The maximum atomic E-state index is 12.8. The zero-order valence-corrected chi connectivity index (χ0v) is 16.9. The van der Waals surface area contributed by atoms with Gasteiger partial charge in [-0.25, -0.2) is 4.98 Å². The fourth-order valence-corrected chi connectivity index (χ4v) is 3.89. The fraction of sp³-hybridized carbons (Fsp3) is 0.316. The van der Waals surface area contributed by atoms with E-state index in [0.717, 1.165) is 11.1 Å². The number of nitrogens with one attached hydrogen (secondary N) is 1. The Hall–Kier alpha value is -2.94. The van der Waals surface area contributed by atoms with E-state index in [1.807, 2.05) is 13.0 Å². The molecule has 28 heavy (non-hydrogen) atoms. The van der Waals surface area contributed by atoms with Crippen LogP contribution < -0.4 is 9.47 Å². The minimum Gasteiger partial charge on any atom is -0.497 e. The first-order valence-electron chi connectivity index (χ1n) is 8.49. The van der Waals surface area contributed by atoms with E-state index in [1.54, 1.807) is 25.4 Å². The highest BCUT2D eigenvalue weighted by Crippen LogP contribution is 2.27. The topological polar surface area (TPSA) is 103 Å². The summed E-state index contributed by atoms with van der Waals surface area (Å²) in [6, 6.07) is 5.41. The van der Waals surface area contributed by atoms with Crippen molar-refractivity contribution in [2.24, 2.45) is 0 Å². The van der Waals surface area contributed by atoms with Gasteiger partial charge in [0.15, 0.2) is 5.16 Å². The maximum absolute atomic E-state index is 12.8.